The van der Waals surface area contributed by atoms with Crippen molar-refractivity contribution in [2.45, 2.75) is 32.8 Å². The maximum Gasteiger partial charge on any atom is 0.414 e. The first kappa shape index (κ1) is 19.7. The topological polar surface area (TPSA) is 85.7 Å². The van der Waals surface area contributed by atoms with Gasteiger partial charge in [0.1, 0.15) is 11.9 Å². The van der Waals surface area contributed by atoms with Crippen LogP contribution in [0.5, 0.6) is 0 Å². The molecule has 28 heavy (non-hydrogen) atoms. The van der Waals surface area contributed by atoms with Crippen LogP contribution in [0.4, 0.5) is 20.6 Å². The molecule has 0 saturated carbocycles. The third-order valence-electron chi connectivity index (χ3n) is 5.10. The number of benzene rings is 1. The van der Waals surface area contributed by atoms with Crippen LogP contribution in [0.25, 0.3) is 0 Å². The predicted octanol–water partition coefficient (Wildman–Crippen LogP) is 2.73. The first-order valence-electron chi connectivity index (χ1n) is 9.25. The van der Waals surface area contributed by atoms with Gasteiger partial charge in [-0.2, -0.15) is 5.26 Å². The Morgan fingerprint density at radius 2 is 2.07 bits per heavy atom. The quantitative estimate of drug-likeness (QED) is 0.804. The number of nitrogens with one attached hydrogen (secondary N) is 1. The number of carbonyl (C=O) groups is 2. The molecular formula is C20H23FN4O3. The molecule has 2 fully saturated rings. The Hall–Kier alpha value is -3.08. The summed E-state index contributed by atoms with van der Waals surface area (Å²) in [5.74, 6) is -0.602. The number of nitrogens with zero attached hydrogens (tertiary/aromatic N) is 3. The second kappa shape index (κ2) is 8.30. The highest BCUT2D eigenvalue weighted by Gasteiger charge is 2.33. The average molecular weight is 386 g/mol. The summed E-state index contributed by atoms with van der Waals surface area (Å²) in [5.41, 5.74) is 2.78. The summed E-state index contributed by atoms with van der Waals surface area (Å²) >= 11 is 0. The smallest absolute Gasteiger partial charge is 0.414 e. The zero-order valence-electron chi connectivity index (χ0n) is 16.0. The van der Waals surface area contributed by atoms with Crippen molar-refractivity contribution in [2.24, 2.45) is 0 Å². The Balaban J connectivity index is 1.67. The molecule has 3 rings (SSSR count). The lowest BCUT2D eigenvalue weighted by Crippen LogP contribution is -2.33. The number of cyclic esters (lactones) is 1. The summed E-state index contributed by atoms with van der Waals surface area (Å²) in [6, 6.07) is 6.89. The monoisotopic (exact) mass is 386 g/mol. The maximum atomic E-state index is 14.7. The molecule has 8 heteroatoms. The lowest BCUT2D eigenvalue weighted by molar-refractivity contribution is -0.119. The molecule has 2 saturated heterocycles. The molecule has 1 aromatic carbocycles. The second-order valence-electron chi connectivity index (χ2n) is 7.02. The van der Waals surface area contributed by atoms with E-state index in [4.69, 9.17) is 10.00 Å². The maximum absolute atomic E-state index is 14.7. The number of allylic oxidation sites excluding steroid dienone is 1. The van der Waals surface area contributed by atoms with E-state index in [0.717, 1.165) is 24.0 Å². The lowest BCUT2D eigenvalue weighted by Gasteiger charge is -2.31. The highest BCUT2D eigenvalue weighted by Crippen LogP contribution is 2.30. The average Bonchev–Trinajstić information content (AvgIpc) is 3.06. The molecule has 2 aliphatic heterocycles. The SMILES string of the molecule is CC(=O)NC[C@H]1CN(c2ccc(N3CCC(=C(C)C#N)CC3)c(F)c2)C(=O)O1. The third-order valence-corrected chi connectivity index (χ3v) is 5.10. The Bertz CT molecular complexity index is 851. The molecule has 1 N–H and O–H groups in total. The standard InChI is InChI=1S/C20H23FN4O3/c1-13(10-22)15-5-7-24(8-6-15)19-4-3-16(9-18(19)21)25-12-17(28-20(25)27)11-23-14(2)26/h3-4,9,17H,5-8,11-12H2,1-2H3,(H,23,26)/t17-/m0/s1. The van der Waals surface area contributed by atoms with Crippen LogP contribution in [0, 0.1) is 17.1 Å². The molecule has 0 bridgehead atoms. The highest BCUT2D eigenvalue weighted by molar-refractivity contribution is 5.90. The van der Waals surface area contributed by atoms with Gasteiger partial charge in [0.15, 0.2) is 0 Å². The van der Waals surface area contributed by atoms with E-state index >= 15 is 0 Å². The summed E-state index contributed by atoms with van der Waals surface area (Å²) < 4.78 is 20.0. The van der Waals surface area contributed by atoms with E-state index in [2.05, 4.69) is 11.4 Å². The first-order chi connectivity index (χ1) is 13.4. The molecule has 0 radical (unpaired) electrons. The fourth-order valence-corrected chi connectivity index (χ4v) is 3.49. The van der Waals surface area contributed by atoms with Gasteiger partial charge in [-0.25, -0.2) is 9.18 Å². The van der Waals surface area contributed by atoms with E-state index in [1.165, 1.54) is 17.9 Å². The minimum Gasteiger partial charge on any atom is -0.442 e. The van der Waals surface area contributed by atoms with Crippen LogP contribution in [0.3, 0.4) is 0 Å². The fraction of sp³-hybridized carbons (Fsp3) is 0.450. The van der Waals surface area contributed by atoms with E-state index in [1.807, 2.05) is 11.8 Å². The summed E-state index contributed by atoms with van der Waals surface area (Å²) in [4.78, 5) is 26.4. The Kier molecular flexibility index (Phi) is 5.83. The molecule has 1 aromatic rings. The van der Waals surface area contributed by atoms with Gasteiger partial charge in [-0.05, 0) is 38.0 Å². The zero-order chi connectivity index (χ0) is 20.3. The number of anilines is 2. The van der Waals surface area contributed by atoms with Crippen molar-refractivity contribution in [1.29, 1.82) is 5.26 Å². The minimum atomic E-state index is -0.553. The fourth-order valence-electron chi connectivity index (χ4n) is 3.49. The molecule has 148 valence electrons. The van der Waals surface area contributed by atoms with E-state index in [9.17, 15) is 14.0 Å². The van der Waals surface area contributed by atoms with Crippen LogP contribution < -0.4 is 15.1 Å². The zero-order valence-corrected chi connectivity index (χ0v) is 16.0. The third kappa shape index (κ3) is 4.25. The van der Waals surface area contributed by atoms with E-state index in [0.29, 0.717) is 24.5 Å². The van der Waals surface area contributed by atoms with Gasteiger partial charge >= 0.3 is 6.09 Å². The van der Waals surface area contributed by atoms with Crippen LogP contribution in [0.15, 0.2) is 29.3 Å². The molecule has 7 nitrogen and oxygen atoms in total. The molecule has 1 atom stereocenters. The van der Waals surface area contributed by atoms with Gasteiger partial charge in [0, 0.05) is 25.6 Å². The lowest BCUT2D eigenvalue weighted by atomic mass is 9.99. The normalized spacial score (nSPS) is 19.3. The number of ether oxygens (including phenoxy) is 1. The van der Waals surface area contributed by atoms with E-state index < -0.39 is 18.0 Å². The number of hydrogen-bond donors (Lipinski definition) is 1. The molecule has 0 unspecified atom stereocenters. The predicted molar refractivity (Wildman–Crippen MR) is 102 cm³/mol. The molecule has 0 spiro atoms. The van der Waals surface area contributed by atoms with E-state index in [-0.39, 0.29) is 19.0 Å². The highest BCUT2D eigenvalue weighted by atomic mass is 19.1. The number of nitriles is 1. The number of piperidine rings is 1. The number of rotatable bonds is 4. The Morgan fingerprint density at radius 1 is 1.36 bits per heavy atom. The largest absolute Gasteiger partial charge is 0.442 e. The van der Waals surface area contributed by atoms with Crippen LogP contribution in [-0.2, 0) is 9.53 Å². The Labute approximate surface area is 163 Å². The van der Waals surface area contributed by atoms with Gasteiger partial charge < -0.3 is 15.0 Å². The van der Waals surface area contributed by atoms with E-state index in [1.54, 1.807) is 12.1 Å². The van der Waals surface area contributed by atoms with Crippen molar-refractivity contribution >= 4 is 23.4 Å². The molecule has 0 aromatic heterocycles. The second-order valence-corrected chi connectivity index (χ2v) is 7.02. The van der Waals surface area contributed by atoms with Crippen molar-refractivity contribution in [1.82, 2.24) is 5.32 Å². The summed E-state index contributed by atoms with van der Waals surface area (Å²) in [6.07, 6.45) is 0.463. The molecule has 2 amide bonds. The Morgan fingerprint density at radius 3 is 2.68 bits per heavy atom. The van der Waals surface area contributed by atoms with Crippen molar-refractivity contribution in [3.05, 3.63) is 35.2 Å². The molecule has 0 aliphatic carbocycles. The van der Waals surface area contributed by atoms with Crippen LogP contribution in [0.1, 0.15) is 26.7 Å². The number of hydrogen-bond acceptors (Lipinski definition) is 5. The van der Waals surface area contributed by atoms with Gasteiger partial charge in [-0.1, -0.05) is 5.57 Å². The summed E-state index contributed by atoms with van der Waals surface area (Å²) in [6.45, 7) is 4.98. The van der Waals surface area contributed by atoms with Gasteiger partial charge in [0.25, 0.3) is 0 Å². The first-order valence-corrected chi connectivity index (χ1v) is 9.25. The van der Waals surface area contributed by atoms with Crippen molar-refractivity contribution in [3.8, 4) is 6.07 Å². The molecule has 2 aliphatic rings. The minimum absolute atomic E-state index is 0.200. The molecule has 2 heterocycles. The van der Waals surface area contributed by atoms with Crippen LogP contribution >= 0.6 is 0 Å². The summed E-state index contributed by atoms with van der Waals surface area (Å²) in [5, 5.41) is 11.6. The number of carbonyl (C=O) groups excluding carboxylic acids is 2. The van der Waals surface area contributed by atoms with Crippen LogP contribution in [-0.4, -0.2) is 44.3 Å². The van der Waals surface area contributed by atoms with Gasteiger partial charge in [0.2, 0.25) is 5.91 Å². The van der Waals surface area contributed by atoms with Crippen molar-refractivity contribution < 1.29 is 18.7 Å². The van der Waals surface area contributed by atoms with Crippen molar-refractivity contribution in [2.75, 3.05) is 36.0 Å². The van der Waals surface area contributed by atoms with Gasteiger partial charge in [-0.3, -0.25) is 9.69 Å². The van der Waals surface area contributed by atoms with Crippen molar-refractivity contribution in [3.63, 3.8) is 0 Å². The number of amides is 2. The summed E-state index contributed by atoms with van der Waals surface area (Å²) in [7, 11) is 0. The molecular weight excluding hydrogens is 363 g/mol. The van der Waals surface area contributed by atoms with Gasteiger partial charge in [-0.15, -0.1) is 0 Å². The van der Waals surface area contributed by atoms with Crippen LogP contribution in [0.2, 0.25) is 0 Å². The number of halogens is 1. The van der Waals surface area contributed by atoms with Gasteiger partial charge in [0.05, 0.1) is 30.5 Å².